The molecule has 0 radical (unpaired) electrons. The Labute approximate surface area is 132 Å². The Hall–Kier alpha value is -0.980. The van der Waals surface area contributed by atoms with E-state index in [1.807, 2.05) is 0 Å². The van der Waals surface area contributed by atoms with Gasteiger partial charge >= 0.3 is 0 Å². The zero-order chi connectivity index (χ0) is 15.7. The van der Waals surface area contributed by atoms with E-state index >= 15 is 0 Å². The maximum Gasteiger partial charge on any atom is 0.229 e. The van der Waals surface area contributed by atoms with Crippen LogP contribution in [0.4, 0.5) is 0 Å². The predicted octanol–water partition coefficient (Wildman–Crippen LogP) is 1.47. The molecule has 2 aliphatic rings. The second-order valence-corrected chi connectivity index (χ2v) is 7.78. The molecule has 1 N–H and O–H groups in total. The van der Waals surface area contributed by atoms with Crippen molar-refractivity contribution in [1.29, 1.82) is 0 Å². The van der Waals surface area contributed by atoms with E-state index in [-0.39, 0.29) is 11.5 Å². The van der Waals surface area contributed by atoms with Gasteiger partial charge in [0.2, 0.25) is 5.89 Å². The fourth-order valence-electron chi connectivity index (χ4n) is 2.68. The molecule has 0 bridgehead atoms. The lowest BCUT2D eigenvalue weighted by molar-refractivity contribution is 0.0122. The van der Waals surface area contributed by atoms with Gasteiger partial charge in [0, 0.05) is 38.6 Å². The lowest BCUT2D eigenvalue weighted by Gasteiger charge is -2.37. The molecule has 0 amide bonds. The molecule has 6 heteroatoms. The smallest absolute Gasteiger partial charge is 0.229 e. The van der Waals surface area contributed by atoms with Crippen molar-refractivity contribution in [3.63, 3.8) is 0 Å². The molecule has 6 nitrogen and oxygen atoms in total. The summed E-state index contributed by atoms with van der Waals surface area (Å²) in [5.74, 6) is 2.16. The average Bonchev–Trinajstić information content (AvgIpc) is 3.21. The molecule has 2 heterocycles. The summed E-state index contributed by atoms with van der Waals surface area (Å²) < 4.78 is 5.31. The molecule has 0 aromatic carbocycles. The van der Waals surface area contributed by atoms with Crippen LogP contribution in [0.3, 0.4) is 0 Å². The van der Waals surface area contributed by atoms with E-state index in [0.29, 0.717) is 5.92 Å². The van der Waals surface area contributed by atoms with E-state index in [4.69, 9.17) is 4.52 Å². The van der Waals surface area contributed by atoms with Gasteiger partial charge in [-0.2, -0.15) is 4.98 Å². The Morgan fingerprint density at radius 3 is 2.41 bits per heavy atom. The van der Waals surface area contributed by atoms with Gasteiger partial charge in [-0.1, -0.05) is 25.9 Å². The van der Waals surface area contributed by atoms with Crippen LogP contribution in [0, 0.1) is 5.41 Å². The van der Waals surface area contributed by atoms with Gasteiger partial charge in [-0.15, -0.1) is 0 Å². The van der Waals surface area contributed by atoms with Crippen LogP contribution < -0.4 is 0 Å². The van der Waals surface area contributed by atoms with Gasteiger partial charge in [0.1, 0.15) is 0 Å². The number of β-amino-alcohol motifs (C(OH)–C–C–N with tert-alkyl or cyclic N) is 1. The van der Waals surface area contributed by atoms with Crippen LogP contribution in [0.15, 0.2) is 4.52 Å². The Bertz CT molecular complexity index is 485. The number of aliphatic hydroxyl groups excluding tert-OH is 1. The summed E-state index contributed by atoms with van der Waals surface area (Å²) in [6, 6.07) is 0. The zero-order valence-electron chi connectivity index (χ0n) is 14.0. The molecule has 124 valence electrons. The van der Waals surface area contributed by atoms with Crippen LogP contribution in [-0.4, -0.2) is 63.9 Å². The molecule has 1 atom stereocenters. The highest BCUT2D eigenvalue weighted by atomic mass is 16.5. The van der Waals surface area contributed by atoms with E-state index in [9.17, 15) is 5.11 Å². The van der Waals surface area contributed by atoms with Crippen molar-refractivity contribution in [3.05, 3.63) is 11.7 Å². The molecule has 1 aromatic heterocycles. The number of aromatic nitrogens is 2. The fraction of sp³-hybridized carbons (Fsp3) is 0.875. The van der Waals surface area contributed by atoms with Crippen molar-refractivity contribution in [3.8, 4) is 0 Å². The van der Waals surface area contributed by atoms with Gasteiger partial charge < -0.3 is 9.63 Å². The number of hydrogen-bond acceptors (Lipinski definition) is 6. The van der Waals surface area contributed by atoms with Gasteiger partial charge in [0.05, 0.1) is 12.6 Å². The SMILES string of the molecule is CC(C)(C)C(O)CN1CCN(Cc2noc(C3CC3)n2)CC1. The number of rotatable bonds is 5. The number of piperazine rings is 1. The molecule has 1 aliphatic heterocycles. The normalized spacial score (nSPS) is 22.9. The predicted molar refractivity (Wildman–Crippen MR) is 83.5 cm³/mol. The van der Waals surface area contributed by atoms with Crippen LogP contribution >= 0.6 is 0 Å². The first-order valence-electron chi connectivity index (χ1n) is 8.37. The summed E-state index contributed by atoms with van der Waals surface area (Å²) >= 11 is 0. The van der Waals surface area contributed by atoms with Crippen molar-refractivity contribution in [2.75, 3.05) is 32.7 Å². The summed E-state index contributed by atoms with van der Waals surface area (Å²) in [5.41, 5.74) is -0.0546. The highest BCUT2D eigenvalue weighted by Crippen LogP contribution is 2.38. The molecule has 3 rings (SSSR count). The molecular weight excluding hydrogens is 280 g/mol. The molecule has 22 heavy (non-hydrogen) atoms. The molecule has 1 unspecified atom stereocenters. The summed E-state index contributed by atoms with van der Waals surface area (Å²) in [4.78, 5) is 9.20. The minimum absolute atomic E-state index is 0.0546. The largest absolute Gasteiger partial charge is 0.391 e. The van der Waals surface area contributed by atoms with Crippen molar-refractivity contribution < 1.29 is 9.63 Å². The first-order chi connectivity index (χ1) is 10.4. The molecular formula is C16H28N4O2. The van der Waals surface area contributed by atoms with E-state index < -0.39 is 0 Å². The fourth-order valence-corrected chi connectivity index (χ4v) is 2.68. The third-order valence-electron chi connectivity index (χ3n) is 4.67. The number of nitrogens with zero attached hydrogens (tertiary/aromatic N) is 4. The Balaban J connectivity index is 1.43. The maximum absolute atomic E-state index is 10.2. The summed E-state index contributed by atoms with van der Waals surface area (Å²) in [6.45, 7) is 11.7. The maximum atomic E-state index is 10.2. The first-order valence-corrected chi connectivity index (χ1v) is 8.37. The van der Waals surface area contributed by atoms with Gasteiger partial charge in [-0.3, -0.25) is 9.80 Å². The number of hydrogen-bond donors (Lipinski definition) is 1. The van der Waals surface area contributed by atoms with E-state index in [0.717, 1.165) is 51.0 Å². The lowest BCUT2D eigenvalue weighted by Crippen LogP contribution is -2.49. The van der Waals surface area contributed by atoms with Crippen molar-refractivity contribution in [2.24, 2.45) is 5.41 Å². The van der Waals surface area contributed by atoms with Gasteiger partial charge in [-0.05, 0) is 18.3 Å². The summed E-state index contributed by atoms with van der Waals surface area (Å²) in [6.07, 6.45) is 2.10. The summed E-state index contributed by atoms with van der Waals surface area (Å²) in [7, 11) is 0. The van der Waals surface area contributed by atoms with E-state index in [1.54, 1.807) is 0 Å². The summed E-state index contributed by atoms with van der Waals surface area (Å²) in [5, 5.41) is 14.3. The van der Waals surface area contributed by atoms with E-state index in [2.05, 4.69) is 40.7 Å². The second kappa shape index (κ2) is 6.26. The van der Waals surface area contributed by atoms with Crippen LogP contribution in [-0.2, 0) is 6.54 Å². The zero-order valence-corrected chi connectivity index (χ0v) is 14.0. The molecule has 0 spiro atoms. The van der Waals surface area contributed by atoms with Crippen molar-refractivity contribution in [2.45, 2.75) is 52.2 Å². The topological polar surface area (TPSA) is 65.6 Å². The highest BCUT2D eigenvalue weighted by Gasteiger charge is 2.30. The van der Waals surface area contributed by atoms with Crippen molar-refractivity contribution in [1.82, 2.24) is 19.9 Å². The quantitative estimate of drug-likeness (QED) is 0.888. The van der Waals surface area contributed by atoms with Crippen LogP contribution in [0.2, 0.25) is 0 Å². The van der Waals surface area contributed by atoms with Gasteiger partial charge in [0.15, 0.2) is 5.82 Å². The second-order valence-electron chi connectivity index (χ2n) is 7.78. The van der Waals surface area contributed by atoms with Crippen LogP contribution in [0.5, 0.6) is 0 Å². The lowest BCUT2D eigenvalue weighted by atomic mass is 9.89. The average molecular weight is 308 g/mol. The molecule has 2 fully saturated rings. The highest BCUT2D eigenvalue weighted by molar-refractivity contribution is 5.01. The monoisotopic (exact) mass is 308 g/mol. The molecule has 1 aromatic rings. The molecule has 1 saturated carbocycles. The van der Waals surface area contributed by atoms with Crippen LogP contribution in [0.25, 0.3) is 0 Å². The minimum atomic E-state index is -0.280. The Kier molecular flexibility index (Phi) is 4.52. The van der Waals surface area contributed by atoms with Crippen molar-refractivity contribution >= 4 is 0 Å². The Morgan fingerprint density at radius 2 is 1.82 bits per heavy atom. The van der Waals surface area contributed by atoms with Crippen LogP contribution in [0.1, 0.15) is 51.2 Å². The third-order valence-corrected chi connectivity index (χ3v) is 4.67. The first kappa shape index (κ1) is 15.9. The molecule has 1 saturated heterocycles. The van der Waals surface area contributed by atoms with E-state index in [1.165, 1.54) is 12.8 Å². The Morgan fingerprint density at radius 1 is 1.18 bits per heavy atom. The number of aliphatic hydroxyl groups is 1. The van der Waals surface area contributed by atoms with Gasteiger partial charge in [-0.25, -0.2) is 0 Å². The van der Waals surface area contributed by atoms with Gasteiger partial charge in [0.25, 0.3) is 0 Å². The third kappa shape index (κ3) is 4.06. The minimum Gasteiger partial charge on any atom is -0.391 e. The standard InChI is InChI=1S/C16H28N4O2/c1-16(2,3)13(21)10-19-6-8-20(9-7-19)11-14-17-15(22-18-14)12-4-5-12/h12-13,21H,4-11H2,1-3H3. The molecule has 1 aliphatic carbocycles.